The minimum absolute atomic E-state index is 0.147. The van der Waals surface area contributed by atoms with Crippen LogP contribution in [0.15, 0.2) is 81.4 Å². The number of aromatic hydroxyl groups is 1. The summed E-state index contributed by atoms with van der Waals surface area (Å²) in [5.41, 5.74) is 3.52. The van der Waals surface area contributed by atoms with Crippen LogP contribution in [0.25, 0.3) is 0 Å². The average molecular weight is 436 g/mol. The van der Waals surface area contributed by atoms with E-state index in [0.29, 0.717) is 16.8 Å². The van der Waals surface area contributed by atoms with Crippen LogP contribution in [0.3, 0.4) is 0 Å². The van der Waals surface area contributed by atoms with Gasteiger partial charge in [0, 0.05) is 21.2 Å². The fourth-order valence-electron chi connectivity index (χ4n) is 2.82. The van der Waals surface area contributed by atoms with Gasteiger partial charge < -0.3 is 5.11 Å². The third kappa shape index (κ3) is 4.54. The molecule has 28 heavy (non-hydrogen) atoms. The molecule has 3 rings (SSSR count). The Morgan fingerprint density at radius 1 is 0.893 bits per heavy atom. The molecule has 0 amide bonds. The van der Waals surface area contributed by atoms with E-state index >= 15 is 0 Å². The van der Waals surface area contributed by atoms with E-state index in [-0.39, 0.29) is 16.9 Å². The Kier molecular flexibility index (Phi) is 5.75. The SMILES string of the molecule is CC(C)(C)c1cc(Br)cc(C(=N)c2ccc(N=Nc3ccccc3)cc2)c1O. The highest BCUT2D eigenvalue weighted by molar-refractivity contribution is 9.10. The number of phenolic OH excluding ortho intramolecular Hbond substituents is 1. The van der Waals surface area contributed by atoms with Gasteiger partial charge in [0.05, 0.1) is 17.1 Å². The van der Waals surface area contributed by atoms with Crippen molar-refractivity contribution in [2.45, 2.75) is 26.2 Å². The lowest BCUT2D eigenvalue weighted by atomic mass is 9.84. The lowest BCUT2D eigenvalue weighted by Gasteiger charge is -2.22. The van der Waals surface area contributed by atoms with E-state index in [1.165, 1.54) is 0 Å². The third-order valence-corrected chi connectivity index (χ3v) is 4.80. The predicted octanol–water partition coefficient (Wildman–Crippen LogP) is 7.28. The van der Waals surface area contributed by atoms with E-state index in [4.69, 9.17) is 5.41 Å². The molecule has 0 fully saturated rings. The highest BCUT2D eigenvalue weighted by atomic mass is 79.9. The zero-order chi connectivity index (χ0) is 20.3. The molecule has 0 unspecified atom stereocenters. The molecule has 0 aromatic heterocycles. The number of azo groups is 1. The molecule has 0 aliphatic rings. The molecule has 142 valence electrons. The van der Waals surface area contributed by atoms with Crippen LogP contribution in [0.4, 0.5) is 11.4 Å². The molecule has 0 bridgehead atoms. The maximum absolute atomic E-state index is 10.8. The van der Waals surface area contributed by atoms with Crippen LogP contribution in [0.2, 0.25) is 0 Å². The third-order valence-electron chi connectivity index (χ3n) is 4.35. The van der Waals surface area contributed by atoms with Gasteiger partial charge in [0.1, 0.15) is 5.75 Å². The lowest BCUT2D eigenvalue weighted by molar-refractivity contribution is 0.445. The van der Waals surface area contributed by atoms with Gasteiger partial charge >= 0.3 is 0 Å². The number of halogens is 1. The number of phenols is 1. The van der Waals surface area contributed by atoms with Crippen molar-refractivity contribution in [3.63, 3.8) is 0 Å². The number of nitrogens with one attached hydrogen (secondary N) is 1. The van der Waals surface area contributed by atoms with Crippen LogP contribution >= 0.6 is 15.9 Å². The van der Waals surface area contributed by atoms with Crippen molar-refractivity contribution in [1.82, 2.24) is 0 Å². The average Bonchev–Trinajstić information content (AvgIpc) is 2.68. The van der Waals surface area contributed by atoms with E-state index in [1.54, 1.807) is 6.07 Å². The van der Waals surface area contributed by atoms with Crippen LogP contribution in [0, 0.1) is 5.41 Å². The molecular weight excluding hydrogens is 414 g/mol. The van der Waals surface area contributed by atoms with Gasteiger partial charge in [-0.1, -0.05) is 67.0 Å². The Labute approximate surface area is 173 Å². The van der Waals surface area contributed by atoms with Gasteiger partial charge in [0.25, 0.3) is 0 Å². The zero-order valence-corrected chi connectivity index (χ0v) is 17.7. The number of hydrogen-bond acceptors (Lipinski definition) is 4. The van der Waals surface area contributed by atoms with Gasteiger partial charge in [-0.05, 0) is 41.8 Å². The Hall–Kier alpha value is -2.79. The Bertz CT molecular complexity index is 1020. The Balaban J connectivity index is 1.88. The second kappa shape index (κ2) is 8.07. The highest BCUT2D eigenvalue weighted by Gasteiger charge is 2.23. The molecule has 5 heteroatoms. The fraction of sp³-hybridized carbons (Fsp3) is 0.174. The maximum atomic E-state index is 10.8. The summed E-state index contributed by atoms with van der Waals surface area (Å²) in [4.78, 5) is 0. The smallest absolute Gasteiger partial charge is 0.128 e. The minimum atomic E-state index is -0.232. The quantitative estimate of drug-likeness (QED) is 0.327. The summed E-state index contributed by atoms with van der Waals surface area (Å²) in [5, 5.41) is 27.8. The van der Waals surface area contributed by atoms with Crippen molar-refractivity contribution in [2.75, 3.05) is 0 Å². The summed E-state index contributed by atoms with van der Waals surface area (Å²) in [6.45, 7) is 6.11. The Morgan fingerprint density at radius 2 is 1.46 bits per heavy atom. The monoisotopic (exact) mass is 435 g/mol. The van der Waals surface area contributed by atoms with E-state index in [1.807, 2.05) is 81.4 Å². The maximum Gasteiger partial charge on any atom is 0.128 e. The zero-order valence-electron chi connectivity index (χ0n) is 16.1. The fourth-order valence-corrected chi connectivity index (χ4v) is 3.28. The molecule has 0 spiro atoms. The van der Waals surface area contributed by atoms with Crippen molar-refractivity contribution in [3.05, 3.63) is 87.9 Å². The molecule has 0 aliphatic carbocycles. The van der Waals surface area contributed by atoms with Gasteiger partial charge in [0.15, 0.2) is 0 Å². The van der Waals surface area contributed by atoms with Crippen molar-refractivity contribution in [3.8, 4) is 5.75 Å². The topological polar surface area (TPSA) is 68.8 Å². The molecule has 0 aliphatic heterocycles. The van der Waals surface area contributed by atoms with Crippen molar-refractivity contribution < 1.29 is 5.11 Å². The van der Waals surface area contributed by atoms with Gasteiger partial charge in [0.2, 0.25) is 0 Å². The second-order valence-corrected chi connectivity index (χ2v) is 8.47. The standard InChI is InChI=1S/C23H22BrN3O/c1-23(2,3)20-14-16(24)13-19(22(20)28)21(25)15-9-11-18(12-10-15)27-26-17-7-5-4-6-8-17/h4-14,25,28H,1-3H3. The van der Waals surface area contributed by atoms with Crippen LogP contribution in [-0.4, -0.2) is 10.8 Å². The molecule has 0 saturated carbocycles. The second-order valence-electron chi connectivity index (χ2n) is 7.56. The van der Waals surface area contributed by atoms with Crippen LogP contribution in [-0.2, 0) is 5.41 Å². The molecule has 0 atom stereocenters. The number of nitrogens with zero attached hydrogens (tertiary/aromatic N) is 2. The largest absolute Gasteiger partial charge is 0.507 e. The van der Waals surface area contributed by atoms with E-state index in [2.05, 4.69) is 26.2 Å². The van der Waals surface area contributed by atoms with Crippen molar-refractivity contribution >= 4 is 33.0 Å². The molecule has 0 radical (unpaired) electrons. The first-order valence-corrected chi connectivity index (χ1v) is 9.74. The first kappa shape index (κ1) is 20.0. The lowest BCUT2D eigenvalue weighted by Crippen LogP contribution is -2.13. The molecule has 0 heterocycles. The van der Waals surface area contributed by atoms with Gasteiger partial charge in [-0.15, -0.1) is 0 Å². The molecule has 3 aromatic rings. The molecule has 3 aromatic carbocycles. The summed E-state index contributed by atoms with van der Waals surface area (Å²) in [7, 11) is 0. The van der Waals surface area contributed by atoms with Crippen molar-refractivity contribution in [2.24, 2.45) is 10.2 Å². The molecule has 4 nitrogen and oxygen atoms in total. The number of hydrogen-bond donors (Lipinski definition) is 2. The number of benzene rings is 3. The minimum Gasteiger partial charge on any atom is -0.507 e. The summed E-state index contributed by atoms with van der Waals surface area (Å²) in [6, 6.07) is 20.5. The first-order valence-electron chi connectivity index (χ1n) is 8.95. The predicted molar refractivity (Wildman–Crippen MR) is 117 cm³/mol. The molecule has 0 saturated heterocycles. The summed E-state index contributed by atoms with van der Waals surface area (Å²) >= 11 is 3.50. The Morgan fingerprint density at radius 3 is 2.04 bits per heavy atom. The van der Waals surface area contributed by atoms with Gasteiger partial charge in [-0.25, -0.2) is 0 Å². The summed E-state index contributed by atoms with van der Waals surface area (Å²) in [6.07, 6.45) is 0. The van der Waals surface area contributed by atoms with E-state index in [9.17, 15) is 5.11 Å². The van der Waals surface area contributed by atoms with Crippen LogP contribution < -0.4 is 0 Å². The first-order chi connectivity index (χ1) is 13.3. The van der Waals surface area contributed by atoms with E-state index < -0.39 is 0 Å². The van der Waals surface area contributed by atoms with Crippen molar-refractivity contribution in [1.29, 1.82) is 5.41 Å². The summed E-state index contributed by atoms with van der Waals surface area (Å²) in [5.74, 6) is 0.147. The molecule has 2 N–H and O–H groups in total. The molecular formula is C23H22BrN3O. The van der Waals surface area contributed by atoms with E-state index in [0.717, 1.165) is 15.7 Å². The number of rotatable bonds is 4. The van der Waals surface area contributed by atoms with Gasteiger partial charge in [-0.2, -0.15) is 10.2 Å². The van der Waals surface area contributed by atoms with Crippen LogP contribution in [0.1, 0.15) is 37.5 Å². The summed E-state index contributed by atoms with van der Waals surface area (Å²) < 4.78 is 0.836. The normalized spacial score (nSPS) is 11.7. The van der Waals surface area contributed by atoms with Gasteiger partial charge in [-0.3, -0.25) is 5.41 Å². The van der Waals surface area contributed by atoms with Crippen LogP contribution in [0.5, 0.6) is 5.75 Å². The highest BCUT2D eigenvalue weighted by Crippen LogP contribution is 2.37.